The van der Waals surface area contributed by atoms with Gasteiger partial charge in [-0.3, -0.25) is 6.08 Å². The molecule has 0 spiro atoms. The van der Waals surface area contributed by atoms with Crippen molar-refractivity contribution in [1.29, 1.82) is 0 Å². The molecule has 4 saturated carbocycles. The number of benzene rings is 5. The van der Waals surface area contributed by atoms with E-state index in [1.54, 1.807) is 12.0 Å². The quantitative estimate of drug-likeness (QED) is 0.155. The van der Waals surface area contributed by atoms with Crippen LogP contribution in [0.15, 0.2) is 127 Å². The molecule has 0 heterocycles. The van der Waals surface area contributed by atoms with Crippen LogP contribution in [-0.4, -0.2) is 4.21 Å². The average Bonchev–Trinajstić information content (AvgIpc) is 3.83. The Labute approximate surface area is 398 Å². The van der Waals surface area contributed by atoms with Crippen LogP contribution < -0.4 is 0 Å². The maximum Gasteiger partial charge on any atom is -0.171 e. The second-order valence-corrected chi connectivity index (χ2v) is 19.8. The summed E-state index contributed by atoms with van der Waals surface area (Å²) in [6.45, 7) is 18.7. The van der Waals surface area contributed by atoms with Crippen molar-refractivity contribution in [2.75, 3.05) is 0 Å². The predicted molar refractivity (Wildman–Crippen MR) is 265 cm³/mol. The van der Waals surface area contributed by atoms with Crippen LogP contribution in [0.25, 0.3) is 33.4 Å². The molecule has 4 fully saturated rings. The molecule has 0 N–H and O–H groups in total. The van der Waals surface area contributed by atoms with E-state index in [1.165, 1.54) is 106 Å². The molecular weight excluding hydrogens is 859 g/mol. The topological polar surface area (TPSA) is 0 Å². The Hall–Kier alpha value is -3.09. The van der Waals surface area contributed by atoms with Crippen LogP contribution in [0.5, 0.6) is 0 Å². The molecule has 0 aromatic heterocycles. The van der Waals surface area contributed by atoms with Gasteiger partial charge in [-0.15, -0.1) is 53.6 Å². The maximum absolute atomic E-state index is 3.88. The van der Waals surface area contributed by atoms with Gasteiger partial charge in [-0.25, -0.2) is 6.08 Å². The summed E-state index contributed by atoms with van der Waals surface area (Å²) in [6.07, 6.45) is 16.9. The summed E-state index contributed by atoms with van der Waals surface area (Å²) in [5.74, 6) is 4.68. The summed E-state index contributed by atoms with van der Waals surface area (Å²) in [7, 11) is 0. The molecule has 0 amide bonds. The molecule has 3 heteroatoms. The standard InChI is InChI=1S/C33H33.C17H23.C6H5.CH3.CH2.2ClH.Zr/c1-32(2,3)30-20-26-24(18-28(30)22-13-9-7-10-14-22)17-25-19-29(23-15-11-8-12-16-23)31(21-27(25)26)33(4,5)6;1-11-3-4-14(5-11)17(2)15-7-12-6-13(9-15)10-16(17)8-12;1-2-4-6-5-3-1;;;;;/h7-16,18,20-21H,17H2,1-6H3;4-5,11-13,15-16H,6-10H2,1-2H3;1-5H;1H3;1H2;2*1H;/q4*-1;;;;. The zero-order valence-corrected chi connectivity index (χ0v) is 42.3. The van der Waals surface area contributed by atoms with Gasteiger partial charge in [0.15, 0.2) is 0 Å². The minimum atomic E-state index is 0. The molecule has 5 aromatic rings. The Kier molecular flexibility index (Phi) is 17.5. The van der Waals surface area contributed by atoms with Crippen molar-refractivity contribution in [2.24, 2.45) is 35.0 Å². The fourth-order valence-electron chi connectivity index (χ4n) is 11.0. The summed E-state index contributed by atoms with van der Waals surface area (Å²) >= 11 is 1.30. The van der Waals surface area contributed by atoms with E-state index < -0.39 is 0 Å². The third-order valence-corrected chi connectivity index (χ3v) is 13.8. The summed E-state index contributed by atoms with van der Waals surface area (Å²) in [5.41, 5.74) is 15.6. The third-order valence-electron chi connectivity index (χ3n) is 13.8. The van der Waals surface area contributed by atoms with Crippen LogP contribution in [0.2, 0.25) is 0 Å². The fraction of sp³-hybridized carbons (Fsp3) is 0.379. The number of allylic oxidation sites excluding steroid dienone is 4. The zero-order chi connectivity index (χ0) is 41.2. The molecule has 11 rings (SSSR count). The van der Waals surface area contributed by atoms with E-state index in [0.717, 1.165) is 30.1 Å². The van der Waals surface area contributed by atoms with Gasteiger partial charge in [0, 0.05) is 0 Å². The summed E-state index contributed by atoms with van der Waals surface area (Å²) in [5, 5.41) is 0. The fourth-order valence-corrected chi connectivity index (χ4v) is 11.0. The molecule has 61 heavy (non-hydrogen) atoms. The first-order valence-electron chi connectivity index (χ1n) is 21.7. The Bertz CT molecular complexity index is 2080. The van der Waals surface area contributed by atoms with E-state index in [1.807, 2.05) is 30.3 Å². The van der Waals surface area contributed by atoms with Crippen molar-refractivity contribution in [3.05, 3.63) is 175 Å². The van der Waals surface area contributed by atoms with Crippen LogP contribution in [0.4, 0.5) is 0 Å². The van der Waals surface area contributed by atoms with Gasteiger partial charge in [0.2, 0.25) is 0 Å². The summed E-state index contributed by atoms with van der Waals surface area (Å²) in [4.78, 5) is 0. The SMILES string of the molecule is CC(C)(C)c1cc2c([c-]c1-c1ccccc1)Cc1cc(-c3ccccc3)c(C(C)(C)C)cc1-2.CC1[C-]=CC(C2(C)C3CC4CC(C3)CC2C4)=C1.Cl.Cl.[CH2]=[Zr].[CH3-].[c-]1ccccc1. The second-order valence-electron chi connectivity index (χ2n) is 19.8. The van der Waals surface area contributed by atoms with Gasteiger partial charge < -0.3 is 7.43 Å². The Morgan fingerprint density at radius 1 is 0.639 bits per heavy atom. The Balaban J connectivity index is 0.000000243. The Morgan fingerprint density at radius 3 is 1.61 bits per heavy atom. The van der Waals surface area contributed by atoms with Crippen LogP contribution in [-0.2, 0) is 41.5 Å². The van der Waals surface area contributed by atoms with Crippen molar-refractivity contribution in [1.82, 2.24) is 0 Å². The van der Waals surface area contributed by atoms with Crippen molar-refractivity contribution < 1.29 is 24.2 Å². The minimum Gasteiger partial charge on any atom is -0.358 e. The number of hydrogen-bond acceptors (Lipinski definition) is 0. The first kappa shape index (κ1) is 50.6. The van der Waals surface area contributed by atoms with E-state index in [-0.39, 0.29) is 43.1 Å². The van der Waals surface area contributed by atoms with Crippen LogP contribution in [0.3, 0.4) is 0 Å². The number of halogens is 2. The molecule has 6 aliphatic carbocycles. The molecule has 0 aliphatic heterocycles. The number of fused-ring (bicyclic) bond motifs is 3. The van der Waals surface area contributed by atoms with Gasteiger partial charge in [-0.05, 0) is 95.3 Å². The monoisotopic (exact) mass is 924 g/mol. The van der Waals surface area contributed by atoms with Crippen molar-refractivity contribution in [3.8, 4) is 33.4 Å². The summed E-state index contributed by atoms with van der Waals surface area (Å²) < 4.78 is 3.34. The van der Waals surface area contributed by atoms with Crippen LogP contribution in [0.1, 0.15) is 110 Å². The molecule has 322 valence electrons. The van der Waals surface area contributed by atoms with Crippen molar-refractivity contribution in [2.45, 2.75) is 105 Å². The number of hydrogen-bond donors (Lipinski definition) is 0. The largest absolute Gasteiger partial charge is 0.358 e. The smallest absolute Gasteiger partial charge is 0.171 e. The maximum atomic E-state index is 3.88. The number of rotatable bonds is 3. The first-order chi connectivity index (χ1) is 27.8. The molecule has 0 saturated heterocycles. The molecule has 4 bridgehead atoms. The van der Waals surface area contributed by atoms with E-state index in [4.69, 9.17) is 0 Å². The first-order valence-corrected chi connectivity index (χ1v) is 23.5. The van der Waals surface area contributed by atoms with Gasteiger partial charge in [-0.2, -0.15) is 48.0 Å². The van der Waals surface area contributed by atoms with Gasteiger partial charge in [0.05, 0.1) is 0 Å². The normalized spacial score (nSPS) is 23.3. The predicted octanol–water partition coefficient (Wildman–Crippen LogP) is 16.1. The van der Waals surface area contributed by atoms with E-state index >= 15 is 0 Å². The van der Waals surface area contributed by atoms with Crippen LogP contribution in [0, 0.1) is 60.6 Å². The second kappa shape index (κ2) is 21.1. The van der Waals surface area contributed by atoms with Crippen LogP contribution >= 0.6 is 24.8 Å². The molecule has 0 radical (unpaired) electrons. The molecule has 1 atom stereocenters. The molecule has 0 nitrogen and oxygen atoms in total. The van der Waals surface area contributed by atoms with E-state index in [0.29, 0.717) is 11.3 Å². The van der Waals surface area contributed by atoms with E-state index in [9.17, 15) is 0 Å². The summed E-state index contributed by atoms with van der Waals surface area (Å²) in [6, 6.07) is 45.3. The third kappa shape index (κ3) is 10.8. The molecular formula is C58H68Cl2Zr-4. The van der Waals surface area contributed by atoms with Gasteiger partial charge >= 0.3 is 28.4 Å². The molecule has 5 aromatic carbocycles. The van der Waals surface area contributed by atoms with Crippen molar-refractivity contribution >= 4 is 29.0 Å². The van der Waals surface area contributed by atoms with Gasteiger partial charge in [-0.1, -0.05) is 156 Å². The Morgan fingerprint density at radius 2 is 1.15 bits per heavy atom. The molecule has 1 unspecified atom stereocenters. The minimum absolute atomic E-state index is 0. The van der Waals surface area contributed by atoms with E-state index in [2.05, 4.69) is 169 Å². The van der Waals surface area contributed by atoms with Gasteiger partial charge in [0.1, 0.15) is 0 Å². The average molecular weight is 927 g/mol. The van der Waals surface area contributed by atoms with Gasteiger partial charge in [0.25, 0.3) is 0 Å². The molecule has 6 aliphatic rings. The van der Waals surface area contributed by atoms with Crippen molar-refractivity contribution in [3.63, 3.8) is 0 Å². The zero-order valence-electron chi connectivity index (χ0n) is 38.2.